The molecule has 21 heavy (non-hydrogen) atoms. The molecule has 2 rings (SSSR count). The van der Waals surface area contributed by atoms with Gasteiger partial charge in [0.15, 0.2) is 0 Å². The third-order valence-electron chi connectivity index (χ3n) is 3.45. The van der Waals surface area contributed by atoms with Crippen LogP contribution in [0.25, 0.3) is 0 Å². The SMILES string of the molecule is CN(Cc1ccc(Cl)s1)C(=O)C(C)(C)c1cccc(F)c1. The molecule has 0 aliphatic carbocycles. The molecular formula is C16H17ClFNOS. The number of hydrogen-bond donors (Lipinski definition) is 0. The van der Waals surface area contributed by atoms with Gasteiger partial charge in [0.1, 0.15) is 5.82 Å². The normalized spacial score (nSPS) is 11.5. The van der Waals surface area contributed by atoms with Crippen molar-refractivity contribution in [2.24, 2.45) is 0 Å². The molecule has 0 bridgehead atoms. The molecule has 0 aliphatic rings. The Morgan fingerprint density at radius 3 is 2.62 bits per heavy atom. The van der Waals surface area contributed by atoms with Gasteiger partial charge in [-0.3, -0.25) is 4.79 Å². The van der Waals surface area contributed by atoms with Gasteiger partial charge in [-0.15, -0.1) is 11.3 Å². The Morgan fingerprint density at radius 2 is 2.05 bits per heavy atom. The van der Waals surface area contributed by atoms with E-state index >= 15 is 0 Å². The molecule has 1 heterocycles. The average Bonchev–Trinajstić information content (AvgIpc) is 2.83. The van der Waals surface area contributed by atoms with Crippen LogP contribution in [0.15, 0.2) is 36.4 Å². The fourth-order valence-electron chi connectivity index (χ4n) is 2.22. The van der Waals surface area contributed by atoms with Gasteiger partial charge < -0.3 is 4.90 Å². The predicted octanol–water partition coefficient (Wildman–Crippen LogP) is 4.48. The zero-order valence-electron chi connectivity index (χ0n) is 12.2. The van der Waals surface area contributed by atoms with Crippen molar-refractivity contribution < 1.29 is 9.18 Å². The van der Waals surface area contributed by atoms with E-state index in [4.69, 9.17) is 11.6 Å². The molecule has 0 fully saturated rings. The number of hydrogen-bond acceptors (Lipinski definition) is 2. The van der Waals surface area contributed by atoms with E-state index in [2.05, 4.69) is 0 Å². The van der Waals surface area contributed by atoms with E-state index in [9.17, 15) is 9.18 Å². The average molecular weight is 326 g/mol. The van der Waals surface area contributed by atoms with Gasteiger partial charge in [-0.2, -0.15) is 0 Å². The Bertz CT molecular complexity index is 653. The maximum absolute atomic E-state index is 13.4. The van der Waals surface area contributed by atoms with Crippen molar-refractivity contribution in [3.8, 4) is 0 Å². The molecule has 1 aromatic carbocycles. The second kappa shape index (κ2) is 6.16. The Labute approximate surface area is 133 Å². The Morgan fingerprint density at radius 1 is 1.33 bits per heavy atom. The summed E-state index contributed by atoms with van der Waals surface area (Å²) in [4.78, 5) is 15.3. The second-order valence-corrected chi connectivity index (χ2v) is 7.30. The zero-order valence-corrected chi connectivity index (χ0v) is 13.8. The Balaban J connectivity index is 2.17. The molecule has 2 nitrogen and oxygen atoms in total. The smallest absolute Gasteiger partial charge is 0.232 e. The molecule has 0 unspecified atom stereocenters. The van der Waals surface area contributed by atoms with Crippen LogP contribution < -0.4 is 0 Å². The largest absolute Gasteiger partial charge is 0.340 e. The number of benzene rings is 1. The highest BCUT2D eigenvalue weighted by molar-refractivity contribution is 7.16. The summed E-state index contributed by atoms with van der Waals surface area (Å²) in [7, 11) is 1.75. The molecule has 112 valence electrons. The number of amides is 1. The lowest BCUT2D eigenvalue weighted by Gasteiger charge is -2.29. The number of halogens is 2. The molecule has 0 atom stereocenters. The molecule has 0 spiro atoms. The molecule has 0 radical (unpaired) electrons. The maximum Gasteiger partial charge on any atom is 0.232 e. The molecular weight excluding hydrogens is 309 g/mol. The summed E-state index contributed by atoms with van der Waals surface area (Å²) >= 11 is 7.35. The molecule has 5 heteroatoms. The number of thiophene rings is 1. The van der Waals surface area contributed by atoms with Crippen molar-refractivity contribution >= 4 is 28.8 Å². The first-order valence-corrected chi connectivity index (χ1v) is 7.76. The van der Waals surface area contributed by atoms with Crippen LogP contribution in [0.2, 0.25) is 4.34 Å². The van der Waals surface area contributed by atoms with Gasteiger partial charge in [0, 0.05) is 11.9 Å². The monoisotopic (exact) mass is 325 g/mol. The topological polar surface area (TPSA) is 20.3 Å². The number of carbonyl (C=O) groups excluding carboxylic acids is 1. The number of nitrogens with zero attached hydrogens (tertiary/aromatic N) is 1. The van der Waals surface area contributed by atoms with Gasteiger partial charge in [0.25, 0.3) is 0 Å². The predicted molar refractivity (Wildman–Crippen MR) is 85.2 cm³/mol. The van der Waals surface area contributed by atoms with Crippen molar-refractivity contribution in [2.75, 3.05) is 7.05 Å². The highest BCUT2D eigenvalue weighted by Gasteiger charge is 2.32. The van der Waals surface area contributed by atoms with Crippen molar-refractivity contribution in [1.29, 1.82) is 0 Å². The lowest BCUT2D eigenvalue weighted by Crippen LogP contribution is -2.40. The Kier molecular flexibility index (Phi) is 4.69. The van der Waals surface area contributed by atoms with E-state index in [0.29, 0.717) is 16.4 Å². The van der Waals surface area contributed by atoms with Crippen molar-refractivity contribution in [2.45, 2.75) is 25.8 Å². The summed E-state index contributed by atoms with van der Waals surface area (Å²) in [6.07, 6.45) is 0. The number of carbonyl (C=O) groups is 1. The molecule has 0 saturated heterocycles. The first-order chi connectivity index (χ1) is 9.80. The van der Waals surface area contributed by atoms with Crippen molar-refractivity contribution in [3.63, 3.8) is 0 Å². The zero-order chi connectivity index (χ0) is 15.6. The Hall–Kier alpha value is -1.39. The van der Waals surface area contributed by atoms with E-state index in [0.717, 1.165) is 4.88 Å². The van der Waals surface area contributed by atoms with Crippen LogP contribution in [-0.2, 0) is 16.8 Å². The number of rotatable bonds is 4. The van der Waals surface area contributed by atoms with Crippen molar-refractivity contribution in [3.05, 3.63) is 57.0 Å². The summed E-state index contributed by atoms with van der Waals surface area (Å²) in [5, 5.41) is 0. The highest BCUT2D eigenvalue weighted by atomic mass is 35.5. The van der Waals surface area contributed by atoms with Crippen LogP contribution >= 0.6 is 22.9 Å². The molecule has 0 N–H and O–H groups in total. The van der Waals surface area contributed by atoms with Crippen LogP contribution in [-0.4, -0.2) is 17.9 Å². The van der Waals surface area contributed by atoms with E-state index in [1.807, 2.05) is 26.0 Å². The van der Waals surface area contributed by atoms with Gasteiger partial charge in [-0.1, -0.05) is 23.7 Å². The van der Waals surface area contributed by atoms with Crippen LogP contribution in [0, 0.1) is 5.82 Å². The summed E-state index contributed by atoms with van der Waals surface area (Å²) in [6.45, 7) is 4.11. The quantitative estimate of drug-likeness (QED) is 0.811. The summed E-state index contributed by atoms with van der Waals surface area (Å²) < 4.78 is 14.1. The van der Waals surface area contributed by atoms with Crippen molar-refractivity contribution in [1.82, 2.24) is 4.90 Å². The fourth-order valence-corrected chi connectivity index (χ4v) is 3.36. The van der Waals surface area contributed by atoms with E-state index in [-0.39, 0.29) is 11.7 Å². The van der Waals surface area contributed by atoms with Crippen LogP contribution in [0.5, 0.6) is 0 Å². The highest BCUT2D eigenvalue weighted by Crippen LogP contribution is 2.28. The minimum Gasteiger partial charge on any atom is -0.340 e. The standard InChI is InChI=1S/C16H17ClFNOS/c1-16(2,11-5-4-6-12(18)9-11)15(20)19(3)10-13-7-8-14(17)21-13/h4-9H,10H2,1-3H3. The van der Waals surface area contributed by atoms with Gasteiger partial charge in [-0.05, 0) is 43.7 Å². The summed E-state index contributed by atoms with van der Waals surface area (Å²) in [5.41, 5.74) is -0.110. The minimum atomic E-state index is -0.780. The number of likely N-dealkylation sites (N-methyl/N-ethyl adjacent to an activating group) is 1. The van der Waals surface area contributed by atoms with E-state index in [1.165, 1.54) is 23.5 Å². The summed E-state index contributed by atoms with van der Waals surface area (Å²) in [5.74, 6) is -0.390. The molecule has 1 aromatic heterocycles. The molecule has 0 aliphatic heterocycles. The first-order valence-electron chi connectivity index (χ1n) is 6.56. The van der Waals surface area contributed by atoms with Gasteiger partial charge in [-0.25, -0.2) is 4.39 Å². The third-order valence-corrected chi connectivity index (χ3v) is 4.67. The van der Waals surface area contributed by atoms with Gasteiger partial charge in [0.05, 0.1) is 16.3 Å². The van der Waals surface area contributed by atoms with Crippen LogP contribution in [0.1, 0.15) is 24.3 Å². The van der Waals surface area contributed by atoms with Gasteiger partial charge >= 0.3 is 0 Å². The minimum absolute atomic E-state index is 0.0578. The van der Waals surface area contributed by atoms with Crippen LogP contribution in [0.4, 0.5) is 4.39 Å². The molecule has 2 aromatic rings. The second-order valence-electron chi connectivity index (χ2n) is 5.50. The fraction of sp³-hybridized carbons (Fsp3) is 0.312. The van der Waals surface area contributed by atoms with E-state index in [1.54, 1.807) is 24.1 Å². The molecule has 0 saturated carbocycles. The summed E-state index contributed by atoms with van der Waals surface area (Å²) in [6, 6.07) is 9.91. The first kappa shape index (κ1) is 16.0. The van der Waals surface area contributed by atoms with Crippen LogP contribution in [0.3, 0.4) is 0 Å². The lowest BCUT2D eigenvalue weighted by atomic mass is 9.83. The lowest BCUT2D eigenvalue weighted by molar-refractivity contribution is -0.135. The maximum atomic E-state index is 13.4. The third kappa shape index (κ3) is 3.63. The van der Waals surface area contributed by atoms with E-state index < -0.39 is 5.41 Å². The van der Waals surface area contributed by atoms with Gasteiger partial charge in [0.2, 0.25) is 5.91 Å². The molecule has 1 amide bonds.